The van der Waals surface area contributed by atoms with Gasteiger partial charge in [-0.1, -0.05) is 110 Å². The van der Waals surface area contributed by atoms with Crippen LogP contribution in [-0.2, 0) is 45.4 Å². The number of carbonyl (C=O) groups is 7. The topological polar surface area (TPSA) is 253 Å². The largest absolute Gasteiger partial charge is 0.494 e. The molecule has 18 nitrogen and oxygen atoms in total. The highest BCUT2D eigenvalue weighted by Crippen LogP contribution is 2.44. The van der Waals surface area contributed by atoms with Gasteiger partial charge in [0.25, 0.3) is 5.91 Å². The number of carboxylic acid groups (broad SMARTS) is 1. The number of unbranched alkanes of at least 4 members (excludes halogenated alkanes) is 2. The number of hydrogen-bond acceptors (Lipinski definition) is 13. The molecular weight excluding hydrogens is 1030 g/mol. The Hall–Kier alpha value is -6.96. The van der Waals surface area contributed by atoms with E-state index >= 15 is 9.59 Å². The van der Waals surface area contributed by atoms with E-state index in [4.69, 9.17) is 38.3 Å². The Balaban J connectivity index is 1.44. The molecule has 1 aliphatic rings. The molecule has 19 heteroatoms. The fourth-order valence-corrected chi connectivity index (χ4v) is 10.1. The molecule has 0 bridgehead atoms. The summed E-state index contributed by atoms with van der Waals surface area (Å²) in [5.74, 6) is -4.15. The normalized spacial score (nSPS) is 14.2. The maximum absolute atomic E-state index is 16.0. The second-order valence-electron chi connectivity index (χ2n) is 21.7. The second-order valence-corrected chi connectivity index (χ2v) is 22.1. The molecule has 1 heterocycles. The number of benzene rings is 4. The first-order valence-electron chi connectivity index (χ1n) is 27.2. The van der Waals surface area contributed by atoms with Crippen molar-refractivity contribution in [3.8, 4) is 5.75 Å². The van der Waals surface area contributed by atoms with Crippen molar-refractivity contribution in [2.75, 3.05) is 45.1 Å². The highest BCUT2D eigenvalue weighted by Gasteiger charge is 2.52. The molecule has 6 amide bonds. The first-order valence-corrected chi connectivity index (χ1v) is 27.8. The molecule has 0 aliphatic carbocycles. The predicted molar refractivity (Wildman–Crippen MR) is 305 cm³/mol. The second kappa shape index (κ2) is 29.9. The Morgan fingerprint density at radius 2 is 1.27 bits per heavy atom. The number of nitrogens with two attached hydrogens (primary N) is 2. The van der Waals surface area contributed by atoms with Crippen LogP contribution in [-0.4, -0.2) is 136 Å². The highest BCUT2D eigenvalue weighted by molar-refractivity contribution is 7.80. The molecule has 4 aromatic rings. The third-order valence-electron chi connectivity index (χ3n) is 13.5. The van der Waals surface area contributed by atoms with Gasteiger partial charge in [0.1, 0.15) is 40.6 Å². The summed E-state index contributed by atoms with van der Waals surface area (Å²) in [7, 11) is 0. The van der Waals surface area contributed by atoms with Crippen molar-refractivity contribution in [3.05, 3.63) is 138 Å². The Morgan fingerprint density at radius 3 is 1.75 bits per heavy atom. The molecule has 7 N–H and O–H groups in total. The van der Waals surface area contributed by atoms with Crippen LogP contribution in [0.3, 0.4) is 0 Å². The van der Waals surface area contributed by atoms with Crippen LogP contribution in [0.15, 0.2) is 115 Å². The summed E-state index contributed by atoms with van der Waals surface area (Å²) in [5.41, 5.74) is 10.3. The van der Waals surface area contributed by atoms with Gasteiger partial charge in [-0.25, -0.2) is 19.3 Å². The minimum atomic E-state index is -1.69. The van der Waals surface area contributed by atoms with Crippen molar-refractivity contribution in [3.63, 3.8) is 0 Å². The van der Waals surface area contributed by atoms with Crippen LogP contribution in [0.1, 0.15) is 115 Å². The molecule has 0 radical (unpaired) electrons. The number of hydrogen-bond donors (Lipinski definition) is 6. The van der Waals surface area contributed by atoms with Gasteiger partial charge in [0.15, 0.2) is 0 Å². The minimum Gasteiger partial charge on any atom is -0.494 e. The summed E-state index contributed by atoms with van der Waals surface area (Å²) in [4.78, 5) is 103. The van der Waals surface area contributed by atoms with Crippen molar-refractivity contribution >= 4 is 54.4 Å². The van der Waals surface area contributed by atoms with E-state index in [-0.39, 0.29) is 31.9 Å². The number of ether oxygens (including phenoxy) is 3. The smallest absolute Gasteiger partial charge is 0.417 e. The zero-order valence-corrected chi connectivity index (χ0v) is 47.5. The molecule has 79 heavy (non-hydrogen) atoms. The van der Waals surface area contributed by atoms with E-state index in [9.17, 15) is 29.1 Å². The van der Waals surface area contributed by atoms with Gasteiger partial charge in [0.2, 0.25) is 17.7 Å². The van der Waals surface area contributed by atoms with Crippen LogP contribution in [0.5, 0.6) is 5.75 Å². The van der Waals surface area contributed by atoms with Crippen LogP contribution in [0, 0.1) is 5.92 Å². The number of carbonyl (C=O) groups excluding carboxylic acids is 6. The van der Waals surface area contributed by atoms with Crippen molar-refractivity contribution in [2.24, 2.45) is 17.4 Å². The van der Waals surface area contributed by atoms with E-state index < -0.39 is 89.4 Å². The SMILES string of the molecule is CC(C)(C)OC(=O)N1CCC(CCCCOc2ccc(CC(NC(=O)C(CCCCN)N(C(=O)OC(C)(C)C)C(=O)C(CS)N(C(=O)CNC(=O)CN)C(c3ccccc3)(c3ccccc3)c3ccccc3)C(=O)O)cc2)CC1. The molecule has 1 saturated heterocycles. The Morgan fingerprint density at radius 1 is 0.722 bits per heavy atom. The van der Waals surface area contributed by atoms with Crippen molar-refractivity contribution in [1.29, 1.82) is 0 Å². The minimum absolute atomic E-state index is 0.166. The fraction of sp³-hybridized carbons (Fsp3) is 0.483. The zero-order valence-electron chi connectivity index (χ0n) is 46.6. The molecule has 0 aromatic heterocycles. The number of aliphatic carboxylic acids is 1. The summed E-state index contributed by atoms with van der Waals surface area (Å²) >= 11 is 4.73. The molecule has 0 saturated carbocycles. The first-order chi connectivity index (χ1) is 37.6. The van der Waals surface area contributed by atoms with Gasteiger partial charge in [-0.2, -0.15) is 12.6 Å². The van der Waals surface area contributed by atoms with Crippen molar-refractivity contribution in [2.45, 2.75) is 134 Å². The van der Waals surface area contributed by atoms with Crippen molar-refractivity contribution < 1.29 is 52.9 Å². The number of likely N-dealkylation sites (tertiary alicyclic amines) is 1. The Kier molecular flexibility index (Phi) is 23.8. The van der Waals surface area contributed by atoms with Crippen LogP contribution >= 0.6 is 12.6 Å². The van der Waals surface area contributed by atoms with E-state index in [1.165, 1.54) is 4.90 Å². The monoisotopic (exact) mass is 1110 g/mol. The molecule has 3 atom stereocenters. The number of imide groups is 1. The summed E-state index contributed by atoms with van der Waals surface area (Å²) in [6.45, 7) is 11.3. The highest BCUT2D eigenvalue weighted by atomic mass is 32.1. The van der Waals surface area contributed by atoms with E-state index in [1.54, 1.807) is 141 Å². The molecule has 428 valence electrons. The Labute approximate surface area is 470 Å². The van der Waals surface area contributed by atoms with Crippen LogP contribution < -0.4 is 26.8 Å². The van der Waals surface area contributed by atoms with Crippen LogP contribution in [0.4, 0.5) is 9.59 Å². The number of thiol groups is 1. The lowest BCUT2D eigenvalue weighted by Crippen LogP contribution is -2.65. The molecular formula is C60H81N7O11S. The van der Waals surface area contributed by atoms with Gasteiger partial charge in [-0.3, -0.25) is 19.2 Å². The number of piperidine rings is 1. The molecule has 5 rings (SSSR count). The van der Waals surface area contributed by atoms with Crippen LogP contribution in [0.25, 0.3) is 0 Å². The number of rotatable bonds is 26. The van der Waals surface area contributed by atoms with Gasteiger partial charge >= 0.3 is 18.2 Å². The molecule has 1 fully saturated rings. The number of nitrogens with zero attached hydrogens (tertiary/aromatic N) is 3. The van der Waals surface area contributed by atoms with Gasteiger partial charge in [-0.05, 0) is 133 Å². The van der Waals surface area contributed by atoms with E-state index in [1.807, 2.05) is 20.8 Å². The maximum Gasteiger partial charge on any atom is 0.417 e. The average Bonchev–Trinajstić information content (AvgIpc) is 3.62. The number of nitrogens with one attached hydrogen (secondary N) is 2. The van der Waals surface area contributed by atoms with Gasteiger partial charge in [-0.15, -0.1) is 0 Å². The van der Waals surface area contributed by atoms with Crippen LogP contribution in [0.2, 0.25) is 0 Å². The number of amides is 6. The lowest BCUT2D eigenvalue weighted by molar-refractivity contribution is -0.152. The van der Waals surface area contributed by atoms with E-state index in [2.05, 4.69) is 10.6 Å². The molecule has 0 spiro atoms. The summed E-state index contributed by atoms with van der Waals surface area (Å²) in [5, 5.41) is 15.8. The summed E-state index contributed by atoms with van der Waals surface area (Å²) in [6.07, 6.45) is 3.39. The maximum atomic E-state index is 16.0. The average molecular weight is 1110 g/mol. The standard InChI is InChI=1S/C60H81N7O11S/c1-58(2,3)77-56(74)65-35-32-42(33-36-65)20-17-19-37-76-47-30-28-43(29-31-47)38-48(55(72)73)64-53(70)49(27-16-18-34-61)66(57(75)78-59(4,5)6)54(71)50(41-79)67(52(69)40-63-51(68)39-62)60(44-21-10-7-11-22-44,45-23-12-8-13-24-45)46-25-14-9-15-26-46/h7-15,21-26,28-31,42,48-50,79H,16-20,27,32-41,61-62H2,1-6H3,(H,63,68)(H,64,70)(H,72,73). The lowest BCUT2D eigenvalue weighted by atomic mass is 9.74. The predicted octanol–water partition coefficient (Wildman–Crippen LogP) is 7.45. The van der Waals surface area contributed by atoms with E-state index in [0.29, 0.717) is 64.9 Å². The molecule has 1 aliphatic heterocycles. The van der Waals surface area contributed by atoms with Gasteiger partial charge in [0.05, 0.1) is 19.7 Å². The van der Waals surface area contributed by atoms with Gasteiger partial charge in [0, 0.05) is 25.3 Å². The fourth-order valence-electron chi connectivity index (χ4n) is 9.73. The number of carboxylic acids is 1. The Bertz CT molecular complexity index is 2510. The summed E-state index contributed by atoms with van der Waals surface area (Å²) < 4.78 is 17.5. The molecule has 4 aromatic carbocycles. The zero-order chi connectivity index (χ0) is 57.8. The summed E-state index contributed by atoms with van der Waals surface area (Å²) in [6, 6.07) is 28.9. The van der Waals surface area contributed by atoms with Crippen molar-refractivity contribution in [1.82, 2.24) is 25.3 Å². The lowest BCUT2D eigenvalue weighted by Gasteiger charge is -2.49. The van der Waals surface area contributed by atoms with E-state index in [0.717, 1.165) is 32.1 Å². The first kappa shape index (κ1) is 62.9. The third-order valence-corrected chi connectivity index (χ3v) is 13.8. The molecule has 3 unspecified atom stereocenters. The van der Waals surface area contributed by atoms with Gasteiger partial charge < -0.3 is 51.2 Å². The third kappa shape index (κ3) is 18.0. The quantitative estimate of drug-likeness (QED) is 0.0203.